The molecule has 0 saturated heterocycles. The van der Waals surface area contributed by atoms with Crippen LogP contribution in [0.2, 0.25) is 0 Å². The van der Waals surface area contributed by atoms with Gasteiger partial charge in [0.05, 0.1) is 17.1 Å². The number of benzene rings is 5. The van der Waals surface area contributed by atoms with E-state index in [0.717, 1.165) is 78.9 Å². The lowest BCUT2D eigenvalue weighted by Crippen LogP contribution is -2.01. The normalized spacial score (nSPS) is 14.2. The van der Waals surface area contributed by atoms with Crippen LogP contribution in [0, 0.1) is 0 Å². The van der Waals surface area contributed by atoms with Crippen molar-refractivity contribution in [3.8, 4) is 45.0 Å². The molecular weight excluding hydrogens is 647 g/mol. The molecule has 4 heterocycles. The van der Waals surface area contributed by atoms with Crippen LogP contribution in [0.5, 0.6) is 0 Å². The molecule has 1 aliphatic carbocycles. The van der Waals surface area contributed by atoms with Gasteiger partial charge in [0.2, 0.25) is 0 Å². The van der Waals surface area contributed by atoms with E-state index in [4.69, 9.17) is 19.9 Å². The van der Waals surface area contributed by atoms with Gasteiger partial charge >= 0.3 is 0 Å². The molecule has 4 aromatic heterocycles. The number of hydrogen-bond acceptors (Lipinski definition) is 4. The first-order chi connectivity index (χ1) is 26.2. The number of fused-ring (bicyclic) bond motifs is 5. The monoisotopic (exact) mass is 679 g/mol. The molecule has 250 valence electrons. The van der Waals surface area contributed by atoms with E-state index < -0.39 is 0 Å². The zero-order chi connectivity index (χ0) is 35.1. The van der Waals surface area contributed by atoms with E-state index in [1.54, 1.807) is 0 Å². The molecule has 10 rings (SSSR count). The van der Waals surface area contributed by atoms with E-state index in [2.05, 4.69) is 150 Å². The van der Waals surface area contributed by atoms with Gasteiger partial charge in [0.1, 0.15) is 11.2 Å². The highest BCUT2D eigenvalue weighted by atomic mass is 15.1. The number of imidazole rings is 1. The van der Waals surface area contributed by atoms with Crippen LogP contribution >= 0.6 is 0 Å². The molecule has 5 nitrogen and oxygen atoms in total. The summed E-state index contributed by atoms with van der Waals surface area (Å²) >= 11 is 0. The van der Waals surface area contributed by atoms with Gasteiger partial charge in [-0.2, -0.15) is 0 Å². The first-order valence-corrected chi connectivity index (χ1v) is 18.0. The molecule has 0 aliphatic heterocycles. The molecule has 5 aromatic carbocycles. The summed E-state index contributed by atoms with van der Waals surface area (Å²) in [5, 5.41) is 2.23. The van der Waals surface area contributed by atoms with Gasteiger partial charge in [0.15, 0.2) is 11.5 Å². The fourth-order valence-corrected chi connectivity index (χ4v) is 7.47. The molecule has 1 unspecified atom stereocenters. The van der Waals surface area contributed by atoms with Gasteiger partial charge in [-0.3, -0.25) is 4.40 Å². The van der Waals surface area contributed by atoms with Crippen LogP contribution < -0.4 is 0 Å². The smallest absolute Gasteiger partial charge is 0.165 e. The number of pyridine rings is 2. The Morgan fingerprint density at radius 2 is 1.19 bits per heavy atom. The Kier molecular flexibility index (Phi) is 7.54. The lowest BCUT2D eigenvalue weighted by molar-refractivity contribution is 0.856. The van der Waals surface area contributed by atoms with Gasteiger partial charge in [-0.1, -0.05) is 146 Å². The topological polar surface area (TPSA) is 56.0 Å². The van der Waals surface area contributed by atoms with E-state index >= 15 is 0 Å². The summed E-state index contributed by atoms with van der Waals surface area (Å²) in [5.74, 6) is 0.930. The molecule has 1 aliphatic rings. The second-order valence-electron chi connectivity index (χ2n) is 13.5. The average Bonchev–Trinajstić information content (AvgIpc) is 3.63. The second kappa shape index (κ2) is 13.0. The minimum atomic E-state index is 0.224. The van der Waals surface area contributed by atoms with Crippen molar-refractivity contribution in [1.29, 1.82) is 0 Å². The Balaban J connectivity index is 1.00. The number of nitrogens with zero attached hydrogens (tertiary/aromatic N) is 5. The predicted octanol–water partition coefficient (Wildman–Crippen LogP) is 11.6. The number of aromatic nitrogens is 5. The molecule has 1 atom stereocenters. The van der Waals surface area contributed by atoms with E-state index in [1.807, 2.05) is 36.5 Å². The highest BCUT2D eigenvalue weighted by Gasteiger charge is 2.19. The molecule has 0 spiro atoms. The minimum Gasteiger partial charge on any atom is -0.284 e. The largest absolute Gasteiger partial charge is 0.284 e. The summed E-state index contributed by atoms with van der Waals surface area (Å²) < 4.78 is 2.08. The van der Waals surface area contributed by atoms with Gasteiger partial charge in [-0.25, -0.2) is 19.9 Å². The van der Waals surface area contributed by atoms with Crippen molar-refractivity contribution in [2.75, 3.05) is 0 Å². The maximum atomic E-state index is 5.22. The van der Waals surface area contributed by atoms with Crippen LogP contribution in [0.3, 0.4) is 0 Å². The summed E-state index contributed by atoms with van der Waals surface area (Å²) in [6, 6.07) is 54.8. The lowest BCUT2D eigenvalue weighted by Gasteiger charge is -2.18. The van der Waals surface area contributed by atoms with Gasteiger partial charge in [-0.15, -0.1) is 0 Å². The third-order valence-corrected chi connectivity index (χ3v) is 10.2. The van der Waals surface area contributed by atoms with Crippen molar-refractivity contribution in [2.45, 2.75) is 12.3 Å². The average molecular weight is 680 g/mol. The summed E-state index contributed by atoms with van der Waals surface area (Å²) in [5.41, 5.74) is 13.3. The van der Waals surface area contributed by atoms with Crippen LogP contribution in [0.4, 0.5) is 0 Å². The van der Waals surface area contributed by atoms with Crippen molar-refractivity contribution < 1.29 is 0 Å². The quantitative estimate of drug-likeness (QED) is 0.175. The van der Waals surface area contributed by atoms with Gasteiger partial charge < -0.3 is 0 Å². The van der Waals surface area contributed by atoms with Crippen LogP contribution in [-0.4, -0.2) is 24.3 Å². The molecule has 0 N–H and O–H groups in total. The lowest BCUT2D eigenvalue weighted by atomic mass is 9.87. The minimum absolute atomic E-state index is 0.224. The standard InChI is InChI=1S/C48H33N5/c1-3-13-32(14-4-1)37-18-12-20-39(30-37)47-49-42(34-15-5-2-6-16-34)31-43(50-47)38-19-11-17-36(29-38)33-24-26-35(27-25-33)45-40-21-7-8-22-41(40)46-48(52-45)53-28-10-9-23-44(53)51-46/h1-24,26-31,33H,25H2. The Hall–Kier alpha value is -6.98. The first-order valence-electron chi connectivity index (χ1n) is 18.0. The molecule has 53 heavy (non-hydrogen) atoms. The number of allylic oxidation sites excluding steroid dienone is 4. The Morgan fingerprint density at radius 3 is 2.00 bits per heavy atom. The Morgan fingerprint density at radius 1 is 0.509 bits per heavy atom. The number of rotatable bonds is 6. The molecule has 0 saturated carbocycles. The molecule has 5 heteroatoms. The molecular formula is C48H33N5. The highest BCUT2D eigenvalue weighted by Crippen LogP contribution is 2.37. The third kappa shape index (κ3) is 5.69. The van der Waals surface area contributed by atoms with Gasteiger partial charge in [0.25, 0.3) is 0 Å². The Labute approximate surface area is 307 Å². The SMILES string of the molecule is C1=CC(c2cccc(-c3cc(-c4ccccc4)nc(-c4cccc(-c5ccccc5)c4)n3)c2)CC=C1c1nc2c(nc3ccccn32)c2ccccc12. The summed E-state index contributed by atoms with van der Waals surface area (Å²) in [7, 11) is 0. The van der Waals surface area contributed by atoms with E-state index in [9.17, 15) is 0 Å². The molecule has 0 radical (unpaired) electrons. The van der Waals surface area contributed by atoms with Crippen molar-refractivity contribution in [3.05, 3.63) is 193 Å². The molecule has 9 aromatic rings. The van der Waals surface area contributed by atoms with Crippen molar-refractivity contribution >= 4 is 33.2 Å². The molecule has 0 amide bonds. The number of hydrogen-bond donors (Lipinski definition) is 0. The van der Waals surface area contributed by atoms with Crippen molar-refractivity contribution in [3.63, 3.8) is 0 Å². The molecule has 0 bridgehead atoms. The van der Waals surface area contributed by atoms with Crippen molar-refractivity contribution in [2.24, 2.45) is 0 Å². The highest BCUT2D eigenvalue weighted by molar-refractivity contribution is 6.08. The Bertz CT molecular complexity index is 2870. The van der Waals surface area contributed by atoms with Crippen LogP contribution in [0.15, 0.2) is 182 Å². The van der Waals surface area contributed by atoms with Crippen molar-refractivity contribution in [1.82, 2.24) is 24.3 Å². The van der Waals surface area contributed by atoms with E-state index in [0.29, 0.717) is 5.82 Å². The molecule has 0 fully saturated rings. The maximum absolute atomic E-state index is 5.22. The second-order valence-corrected chi connectivity index (χ2v) is 13.5. The zero-order valence-electron chi connectivity index (χ0n) is 28.8. The maximum Gasteiger partial charge on any atom is 0.165 e. The van der Waals surface area contributed by atoms with Crippen LogP contribution in [0.1, 0.15) is 23.6 Å². The zero-order valence-corrected chi connectivity index (χ0v) is 28.8. The van der Waals surface area contributed by atoms with Crippen LogP contribution in [0.25, 0.3) is 78.2 Å². The summed E-state index contributed by atoms with van der Waals surface area (Å²) in [6.45, 7) is 0. The van der Waals surface area contributed by atoms with Gasteiger partial charge in [0, 0.05) is 39.6 Å². The third-order valence-electron chi connectivity index (χ3n) is 10.2. The van der Waals surface area contributed by atoms with Gasteiger partial charge in [-0.05, 0) is 59.0 Å². The summed E-state index contributed by atoms with van der Waals surface area (Å²) in [4.78, 5) is 20.4. The predicted molar refractivity (Wildman–Crippen MR) is 216 cm³/mol. The van der Waals surface area contributed by atoms with Crippen LogP contribution in [-0.2, 0) is 0 Å². The fraction of sp³-hybridized carbons (Fsp3) is 0.0417. The first kappa shape index (κ1) is 30.8. The fourth-order valence-electron chi connectivity index (χ4n) is 7.47. The summed E-state index contributed by atoms with van der Waals surface area (Å²) in [6.07, 6.45) is 9.79. The van der Waals surface area contributed by atoms with E-state index in [1.165, 1.54) is 11.1 Å². The van der Waals surface area contributed by atoms with E-state index in [-0.39, 0.29) is 5.92 Å².